The summed E-state index contributed by atoms with van der Waals surface area (Å²) in [6.45, 7) is 10.3. The molecule has 3 saturated carbocycles. The average Bonchev–Trinajstić information content (AvgIpc) is 3.46. The van der Waals surface area contributed by atoms with Crippen LogP contribution in [0, 0.1) is 18.8 Å². The molecule has 5 rings (SSSR count). The third kappa shape index (κ3) is 6.27. The van der Waals surface area contributed by atoms with E-state index in [0.717, 1.165) is 41.0 Å². The summed E-state index contributed by atoms with van der Waals surface area (Å²) >= 11 is 1.40. The van der Waals surface area contributed by atoms with Gasteiger partial charge in [-0.05, 0) is 100.0 Å². The highest BCUT2D eigenvalue weighted by Gasteiger charge is 2.41. The third-order valence-electron chi connectivity index (χ3n) is 8.97. The standard InChI is InChI=1S/C32H43N3O4S/c1-18-23(27(36)35-31(2,3)4)16-20(17-24(18)32(5)11-12-32)26-25(13-19-9-7-6-8-10-19)34-29(40-26)28(37)33-22-14-21(15-22)30(38)39/h16-17,19,21-22H,6-15H2,1-5H3,(H,33,37)(H,35,36)(H,38,39)/t21-,22-. The molecule has 8 heteroatoms. The first-order chi connectivity index (χ1) is 18.8. The van der Waals surface area contributed by atoms with Gasteiger partial charge in [0, 0.05) is 17.1 Å². The van der Waals surface area contributed by atoms with Gasteiger partial charge >= 0.3 is 5.97 Å². The normalized spacial score (nSPS) is 22.3. The van der Waals surface area contributed by atoms with E-state index in [-0.39, 0.29) is 34.7 Å². The second kappa shape index (κ2) is 10.9. The molecule has 1 heterocycles. The summed E-state index contributed by atoms with van der Waals surface area (Å²) in [7, 11) is 0. The van der Waals surface area contributed by atoms with Crippen molar-refractivity contribution in [3.63, 3.8) is 0 Å². The SMILES string of the molecule is Cc1c(C(=O)NC(C)(C)C)cc(-c2sc(C(=O)N[C@H]3C[C@H](C(=O)O)C3)nc2CC2CCCCC2)cc1C1(C)CC1. The molecule has 7 nitrogen and oxygen atoms in total. The van der Waals surface area contributed by atoms with Crippen molar-refractivity contribution in [1.29, 1.82) is 0 Å². The highest BCUT2D eigenvalue weighted by atomic mass is 32.1. The second-order valence-corrected chi connectivity index (χ2v) is 14.6. The van der Waals surface area contributed by atoms with E-state index in [2.05, 4.69) is 30.5 Å². The number of aromatic nitrogens is 1. The van der Waals surface area contributed by atoms with Crippen LogP contribution in [0.5, 0.6) is 0 Å². The van der Waals surface area contributed by atoms with Crippen molar-refractivity contribution in [1.82, 2.24) is 15.6 Å². The van der Waals surface area contributed by atoms with Crippen molar-refractivity contribution in [2.24, 2.45) is 11.8 Å². The zero-order valence-electron chi connectivity index (χ0n) is 24.5. The maximum Gasteiger partial charge on any atom is 0.306 e. The highest BCUT2D eigenvalue weighted by Crippen LogP contribution is 2.50. The van der Waals surface area contributed by atoms with Gasteiger partial charge in [-0.1, -0.05) is 39.0 Å². The molecule has 0 aliphatic heterocycles. The molecule has 0 bridgehead atoms. The van der Waals surface area contributed by atoms with E-state index in [4.69, 9.17) is 4.98 Å². The van der Waals surface area contributed by atoms with E-state index < -0.39 is 5.97 Å². The Labute approximate surface area is 241 Å². The van der Waals surface area contributed by atoms with Crippen molar-refractivity contribution < 1.29 is 19.5 Å². The van der Waals surface area contributed by atoms with Crippen LogP contribution >= 0.6 is 11.3 Å². The smallest absolute Gasteiger partial charge is 0.306 e. The molecular formula is C32H43N3O4S. The van der Waals surface area contributed by atoms with Gasteiger partial charge in [-0.15, -0.1) is 11.3 Å². The number of carboxylic acids is 1. The quantitative estimate of drug-likeness (QED) is 0.343. The average molecular weight is 566 g/mol. The molecule has 0 radical (unpaired) electrons. The maximum atomic E-state index is 13.5. The Hall–Kier alpha value is -2.74. The fourth-order valence-electron chi connectivity index (χ4n) is 6.23. The van der Waals surface area contributed by atoms with Gasteiger partial charge in [0.2, 0.25) is 0 Å². The summed E-state index contributed by atoms with van der Waals surface area (Å²) < 4.78 is 0. The number of thiazole rings is 1. The Balaban J connectivity index is 1.52. The highest BCUT2D eigenvalue weighted by molar-refractivity contribution is 7.17. The number of benzene rings is 1. The van der Waals surface area contributed by atoms with Gasteiger partial charge in [0.25, 0.3) is 11.8 Å². The summed E-state index contributed by atoms with van der Waals surface area (Å²) in [5.41, 5.74) is 4.54. The Morgan fingerprint density at radius 1 is 1.07 bits per heavy atom. The number of hydrogen-bond acceptors (Lipinski definition) is 5. The summed E-state index contributed by atoms with van der Waals surface area (Å²) in [5, 5.41) is 15.8. The van der Waals surface area contributed by atoms with E-state index in [1.54, 1.807) is 0 Å². The molecule has 0 saturated heterocycles. The number of nitrogens with one attached hydrogen (secondary N) is 2. The van der Waals surface area contributed by atoms with Crippen molar-refractivity contribution in [3.8, 4) is 10.4 Å². The lowest BCUT2D eigenvalue weighted by Crippen LogP contribution is -2.46. The van der Waals surface area contributed by atoms with Crippen LogP contribution in [0.4, 0.5) is 0 Å². The summed E-state index contributed by atoms with van der Waals surface area (Å²) in [6.07, 6.45) is 10.0. The minimum absolute atomic E-state index is 0.0657. The molecule has 3 aliphatic carbocycles. The van der Waals surface area contributed by atoms with Crippen LogP contribution in [0.3, 0.4) is 0 Å². The molecule has 1 aromatic heterocycles. The minimum atomic E-state index is -0.803. The van der Waals surface area contributed by atoms with Crippen LogP contribution < -0.4 is 10.6 Å². The molecule has 3 fully saturated rings. The lowest BCUT2D eigenvalue weighted by Gasteiger charge is -2.32. The number of carbonyl (C=O) groups excluding carboxylic acids is 2. The fraction of sp³-hybridized carbons (Fsp3) is 0.625. The molecule has 216 valence electrons. The number of carboxylic acid groups (broad SMARTS) is 1. The molecule has 0 spiro atoms. The van der Waals surface area contributed by atoms with Crippen molar-refractivity contribution in [3.05, 3.63) is 39.5 Å². The molecule has 0 atom stereocenters. The zero-order valence-corrected chi connectivity index (χ0v) is 25.3. The van der Waals surface area contributed by atoms with E-state index in [9.17, 15) is 19.5 Å². The largest absolute Gasteiger partial charge is 0.481 e. The van der Waals surface area contributed by atoms with Crippen molar-refractivity contribution in [2.75, 3.05) is 0 Å². The molecule has 40 heavy (non-hydrogen) atoms. The van der Waals surface area contributed by atoms with Gasteiger partial charge in [-0.2, -0.15) is 0 Å². The van der Waals surface area contributed by atoms with Crippen LogP contribution in [0.25, 0.3) is 10.4 Å². The molecular weight excluding hydrogens is 522 g/mol. The van der Waals surface area contributed by atoms with Gasteiger partial charge < -0.3 is 15.7 Å². The number of aliphatic carboxylic acids is 1. The molecule has 2 amide bonds. The van der Waals surface area contributed by atoms with Crippen molar-refractivity contribution >= 4 is 29.1 Å². The number of rotatable bonds is 8. The summed E-state index contributed by atoms with van der Waals surface area (Å²) in [6, 6.07) is 4.10. The molecule has 3 N–H and O–H groups in total. The van der Waals surface area contributed by atoms with Crippen LogP contribution in [0.1, 0.15) is 122 Å². The van der Waals surface area contributed by atoms with Crippen LogP contribution in [0.2, 0.25) is 0 Å². The van der Waals surface area contributed by atoms with Gasteiger partial charge in [0.05, 0.1) is 16.5 Å². The van der Waals surface area contributed by atoms with Gasteiger partial charge in [-0.3, -0.25) is 14.4 Å². The Bertz CT molecular complexity index is 1310. The zero-order chi connectivity index (χ0) is 28.8. The number of carbonyl (C=O) groups is 3. The fourth-order valence-corrected chi connectivity index (χ4v) is 7.22. The maximum absolute atomic E-state index is 13.5. The minimum Gasteiger partial charge on any atom is -0.481 e. The Morgan fingerprint density at radius 2 is 1.75 bits per heavy atom. The predicted molar refractivity (Wildman–Crippen MR) is 158 cm³/mol. The van der Waals surface area contributed by atoms with Gasteiger partial charge in [0.1, 0.15) is 0 Å². The Kier molecular flexibility index (Phi) is 7.85. The van der Waals surface area contributed by atoms with E-state index >= 15 is 0 Å². The molecule has 0 unspecified atom stereocenters. The predicted octanol–water partition coefficient (Wildman–Crippen LogP) is 6.41. The first kappa shape index (κ1) is 28.8. The van der Waals surface area contributed by atoms with Crippen LogP contribution in [-0.4, -0.2) is 39.5 Å². The molecule has 3 aliphatic rings. The first-order valence-electron chi connectivity index (χ1n) is 14.8. The number of hydrogen-bond donors (Lipinski definition) is 3. The molecule has 2 aromatic rings. The second-order valence-electron chi connectivity index (χ2n) is 13.6. The lowest BCUT2D eigenvalue weighted by atomic mass is 9.80. The topological polar surface area (TPSA) is 108 Å². The molecule has 1 aromatic carbocycles. The lowest BCUT2D eigenvalue weighted by molar-refractivity contribution is -0.145. The number of amides is 2. The van der Waals surface area contributed by atoms with Gasteiger partial charge in [-0.25, -0.2) is 4.98 Å². The van der Waals surface area contributed by atoms with Crippen LogP contribution in [-0.2, 0) is 16.6 Å². The summed E-state index contributed by atoms with van der Waals surface area (Å²) in [4.78, 5) is 43.8. The van der Waals surface area contributed by atoms with E-state index in [1.165, 1.54) is 49.0 Å². The first-order valence-corrected chi connectivity index (χ1v) is 15.7. The third-order valence-corrected chi connectivity index (χ3v) is 10.1. The van der Waals surface area contributed by atoms with E-state index in [0.29, 0.717) is 29.3 Å². The van der Waals surface area contributed by atoms with Crippen LogP contribution in [0.15, 0.2) is 12.1 Å². The van der Waals surface area contributed by atoms with Gasteiger partial charge in [0.15, 0.2) is 5.01 Å². The Morgan fingerprint density at radius 3 is 2.35 bits per heavy atom. The van der Waals surface area contributed by atoms with E-state index in [1.807, 2.05) is 26.8 Å². The monoisotopic (exact) mass is 565 g/mol. The summed E-state index contributed by atoms with van der Waals surface area (Å²) in [5.74, 6) is -0.953. The number of nitrogens with zero attached hydrogens (tertiary/aromatic N) is 1. The van der Waals surface area contributed by atoms with Crippen molar-refractivity contribution in [2.45, 2.75) is 116 Å².